The number of carbonyl (C=O) groups excluding carboxylic acids is 1. The second-order valence-electron chi connectivity index (χ2n) is 13.7. The zero-order valence-corrected chi connectivity index (χ0v) is 30.0. The number of nitrogens with one attached hydrogen (secondary N) is 1. The molecule has 9 heteroatoms. The molecule has 0 aromatic heterocycles. The fourth-order valence-electron chi connectivity index (χ4n) is 6.15. The van der Waals surface area contributed by atoms with Crippen molar-refractivity contribution < 1.29 is 39.8 Å². The van der Waals surface area contributed by atoms with E-state index in [0.29, 0.717) is 6.42 Å². The predicted octanol–water partition coefficient (Wildman–Crippen LogP) is 6.61. The number of allylic oxidation sites excluding steroid dienone is 1. The lowest BCUT2D eigenvalue weighted by molar-refractivity contribution is -0.302. The molecule has 278 valence electrons. The first-order valence-corrected chi connectivity index (χ1v) is 19.4. The Labute approximate surface area is 286 Å². The Morgan fingerprint density at radius 1 is 0.702 bits per heavy atom. The van der Waals surface area contributed by atoms with Gasteiger partial charge in [0.25, 0.3) is 0 Å². The van der Waals surface area contributed by atoms with E-state index in [1.54, 1.807) is 6.08 Å². The van der Waals surface area contributed by atoms with Crippen LogP contribution in [0.15, 0.2) is 12.2 Å². The monoisotopic (exact) mass is 672 g/mol. The van der Waals surface area contributed by atoms with Gasteiger partial charge in [0.2, 0.25) is 5.91 Å². The second kappa shape index (κ2) is 29.8. The van der Waals surface area contributed by atoms with E-state index in [0.717, 1.165) is 38.5 Å². The summed E-state index contributed by atoms with van der Waals surface area (Å²) in [5.41, 5.74) is 0. The summed E-state index contributed by atoms with van der Waals surface area (Å²) in [5.74, 6) is -0.183. The van der Waals surface area contributed by atoms with E-state index in [1.807, 2.05) is 6.08 Å². The Hall–Kier alpha value is -1.07. The maximum atomic E-state index is 12.8. The highest BCUT2D eigenvalue weighted by Gasteiger charge is 2.44. The van der Waals surface area contributed by atoms with E-state index >= 15 is 0 Å². The quantitative estimate of drug-likeness (QED) is 0.0357. The van der Waals surface area contributed by atoms with E-state index in [4.69, 9.17) is 9.47 Å². The van der Waals surface area contributed by atoms with Crippen LogP contribution >= 0.6 is 0 Å². The number of unbranched alkanes of at least 4 members (excludes halogenated alkanes) is 21. The van der Waals surface area contributed by atoms with E-state index in [-0.39, 0.29) is 12.5 Å². The highest BCUT2D eigenvalue weighted by atomic mass is 16.7. The molecule has 1 rings (SSSR count). The van der Waals surface area contributed by atoms with Gasteiger partial charge >= 0.3 is 0 Å². The van der Waals surface area contributed by atoms with Crippen LogP contribution in [0.1, 0.15) is 168 Å². The number of amides is 1. The van der Waals surface area contributed by atoms with Crippen molar-refractivity contribution in [2.24, 2.45) is 0 Å². The molecular weight excluding hydrogens is 598 g/mol. The van der Waals surface area contributed by atoms with Gasteiger partial charge in [0, 0.05) is 6.42 Å². The summed E-state index contributed by atoms with van der Waals surface area (Å²) in [5, 5.41) is 53.8. The molecule has 0 aliphatic carbocycles. The van der Waals surface area contributed by atoms with Gasteiger partial charge in [0.05, 0.1) is 25.4 Å². The Morgan fingerprint density at radius 2 is 1.17 bits per heavy atom. The molecule has 1 saturated heterocycles. The molecule has 0 aromatic carbocycles. The molecule has 2 unspecified atom stereocenters. The molecule has 7 atom stereocenters. The summed E-state index contributed by atoms with van der Waals surface area (Å²) in [6.45, 7) is 3.72. The normalized spacial score (nSPS) is 22.9. The number of rotatable bonds is 31. The molecule has 9 nitrogen and oxygen atoms in total. The zero-order valence-electron chi connectivity index (χ0n) is 30.0. The van der Waals surface area contributed by atoms with Crippen LogP contribution in [-0.2, 0) is 14.3 Å². The SMILES string of the molecule is CCCCCCCCCCCCCCCC/C=C/[C@@H](O)[C@H](CO[C@@H]1O[C@H](CO)[C@@H](O)C(O)C1O)NC(=O)CCCCCCCCCC. The molecular formula is C38H73NO8. The lowest BCUT2D eigenvalue weighted by Crippen LogP contribution is -2.60. The van der Waals surface area contributed by atoms with Crippen molar-refractivity contribution in [3.8, 4) is 0 Å². The largest absolute Gasteiger partial charge is 0.394 e. The summed E-state index contributed by atoms with van der Waals surface area (Å²) < 4.78 is 11.1. The number of aliphatic hydroxyl groups is 5. The fraction of sp³-hybridized carbons (Fsp3) is 0.921. The minimum Gasteiger partial charge on any atom is -0.394 e. The molecule has 1 aliphatic rings. The molecule has 0 spiro atoms. The van der Waals surface area contributed by atoms with Gasteiger partial charge in [-0.25, -0.2) is 0 Å². The van der Waals surface area contributed by atoms with E-state index in [2.05, 4.69) is 19.2 Å². The van der Waals surface area contributed by atoms with E-state index in [9.17, 15) is 30.3 Å². The van der Waals surface area contributed by atoms with Crippen molar-refractivity contribution in [1.82, 2.24) is 5.32 Å². The van der Waals surface area contributed by atoms with Gasteiger partial charge in [0.15, 0.2) is 6.29 Å². The smallest absolute Gasteiger partial charge is 0.220 e. The van der Waals surface area contributed by atoms with Gasteiger partial charge in [-0.05, 0) is 19.3 Å². The van der Waals surface area contributed by atoms with Crippen molar-refractivity contribution in [3.63, 3.8) is 0 Å². The van der Waals surface area contributed by atoms with Crippen LogP contribution in [0.4, 0.5) is 0 Å². The number of carbonyl (C=O) groups is 1. The second-order valence-corrected chi connectivity index (χ2v) is 13.7. The minimum absolute atomic E-state index is 0.183. The van der Waals surface area contributed by atoms with Crippen LogP contribution in [0.25, 0.3) is 0 Å². The molecule has 0 radical (unpaired) electrons. The Bertz CT molecular complexity index is 751. The third kappa shape index (κ3) is 21.6. The van der Waals surface area contributed by atoms with Crippen molar-refractivity contribution in [2.45, 2.75) is 211 Å². The first-order chi connectivity index (χ1) is 22.8. The Kier molecular flexibility index (Phi) is 27.9. The highest BCUT2D eigenvalue weighted by molar-refractivity contribution is 5.76. The Balaban J connectivity index is 2.42. The summed E-state index contributed by atoms with van der Waals surface area (Å²) in [6.07, 6.45) is 24.1. The van der Waals surface area contributed by atoms with E-state index < -0.39 is 49.5 Å². The number of hydrogen-bond donors (Lipinski definition) is 6. The van der Waals surface area contributed by atoms with Crippen molar-refractivity contribution in [2.75, 3.05) is 13.2 Å². The van der Waals surface area contributed by atoms with E-state index in [1.165, 1.54) is 109 Å². The summed E-state index contributed by atoms with van der Waals surface area (Å²) in [6, 6.07) is -0.795. The van der Waals surface area contributed by atoms with Gasteiger partial charge in [0.1, 0.15) is 24.4 Å². The lowest BCUT2D eigenvalue weighted by atomic mass is 9.99. The number of ether oxygens (including phenoxy) is 2. The minimum atomic E-state index is -1.56. The maximum Gasteiger partial charge on any atom is 0.220 e. The van der Waals surface area contributed by atoms with Gasteiger partial charge in [-0.3, -0.25) is 4.79 Å². The van der Waals surface area contributed by atoms with Crippen LogP contribution in [0.5, 0.6) is 0 Å². The fourth-order valence-corrected chi connectivity index (χ4v) is 6.15. The van der Waals surface area contributed by atoms with Crippen LogP contribution in [0.2, 0.25) is 0 Å². The molecule has 0 saturated carbocycles. The molecule has 47 heavy (non-hydrogen) atoms. The molecule has 1 heterocycles. The molecule has 0 aromatic rings. The van der Waals surface area contributed by atoms with Crippen LogP contribution < -0.4 is 5.32 Å². The topological polar surface area (TPSA) is 149 Å². The highest BCUT2D eigenvalue weighted by Crippen LogP contribution is 2.22. The van der Waals surface area contributed by atoms with Gasteiger partial charge in [-0.15, -0.1) is 0 Å². The van der Waals surface area contributed by atoms with Crippen LogP contribution in [0, 0.1) is 0 Å². The lowest BCUT2D eigenvalue weighted by Gasteiger charge is -2.40. The third-order valence-electron chi connectivity index (χ3n) is 9.36. The van der Waals surface area contributed by atoms with Crippen molar-refractivity contribution in [1.29, 1.82) is 0 Å². The van der Waals surface area contributed by atoms with Crippen molar-refractivity contribution >= 4 is 5.91 Å². The summed E-state index contributed by atoms with van der Waals surface area (Å²) >= 11 is 0. The first-order valence-electron chi connectivity index (χ1n) is 19.4. The molecule has 1 aliphatic heterocycles. The third-order valence-corrected chi connectivity index (χ3v) is 9.36. The van der Waals surface area contributed by atoms with Gasteiger partial charge in [-0.2, -0.15) is 0 Å². The standard InChI is InChI=1S/C38H73NO8/c1-3-5-7-9-11-13-14-15-16-17-18-19-20-21-23-25-27-32(41)31(39-34(42)28-26-24-22-12-10-8-6-4-2)30-46-38-37(45)36(44)35(43)33(29-40)47-38/h25,27,31-33,35-38,40-41,43-45H,3-24,26,28-30H2,1-2H3,(H,39,42)/b27-25+/t31-,32+,33+,35+,36?,37?,38+/m0/s1. The molecule has 1 amide bonds. The van der Waals surface area contributed by atoms with Gasteiger partial charge in [-0.1, -0.05) is 154 Å². The average molecular weight is 672 g/mol. The van der Waals surface area contributed by atoms with Gasteiger partial charge < -0.3 is 40.3 Å². The van der Waals surface area contributed by atoms with Crippen molar-refractivity contribution in [3.05, 3.63) is 12.2 Å². The zero-order chi connectivity index (χ0) is 34.5. The summed E-state index contributed by atoms with van der Waals surface area (Å²) in [7, 11) is 0. The number of aliphatic hydroxyl groups excluding tert-OH is 5. The van der Waals surface area contributed by atoms with Crippen LogP contribution in [-0.4, -0.2) is 87.5 Å². The first kappa shape index (κ1) is 44.0. The molecule has 0 bridgehead atoms. The maximum absolute atomic E-state index is 12.8. The number of hydrogen-bond acceptors (Lipinski definition) is 8. The predicted molar refractivity (Wildman–Crippen MR) is 189 cm³/mol. The summed E-state index contributed by atoms with van der Waals surface area (Å²) in [4.78, 5) is 12.8. The molecule has 6 N–H and O–H groups in total. The Morgan fingerprint density at radius 3 is 1.66 bits per heavy atom. The average Bonchev–Trinajstić information content (AvgIpc) is 3.07. The molecule has 1 fully saturated rings. The van der Waals surface area contributed by atoms with Crippen LogP contribution in [0.3, 0.4) is 0 Å².